The van der Waals surface area contributed by atoms with Crippen molar-refractivity contribution in [3.05, 3.63) is 28.1 Å². The molecule has 12 heavy (non-hydrogen) atoms. The highest BCUT2D eigenvalue weighted by molar-refractivity contribution is 7.17. The molecule has 0 saturated heterocycles. The Morgan fingerprint density at radius 3 is 2.92 bits per heavy atom. The van der Waals surface area contributed by atoms with Gasteiger partial charge in [0.1, 0.15) is 5.75 Å². The van der Waals surface area contributed by atoms with Crippen molar-refractivity contribution in [2.45, 2.75) is 6.92 Å². The Labute approximate surface area is 79.2 Å². The topological polar surface area (TPSA) is 20.2 Å². The van der Waals surface area contributed by atoms with E-state index in [1.54, 1.807) is 22.8 Å². The summed E-state index contributed by atoms with van der Waals surface area (Å²) in [6, 6.07) is 3.69. The molecular formula is C9H7ClOS. The summed E-state index contributed by atoms with van der Waals surface area (Å²) < 4.78 is 1.11. The zero-order valence-electron chi connectivity index (χ0n) is 6.47. The molecular weight excluding hydrogens is 192 g/mol. The molecule has 0 spiro atoms. The van der Waals surface area contributed by atoms with Gasteiger partial charge in [0.05, 0.1) is 0 Å². The van der Waals surface area contributed by atoms with Gasteiger partial charge in [-0.1, -0.05) is 11.6 Å². The molecule has 2 rings (SSSR count). The quantitative estimate of drug-likeness (QED) is 0.686. The van der Waals surface area contributed by atoms with Crippen molar-refractivity contribution >= 4 is 33.0 Å². The molecule has 0 atom stereocenters. The van der Waals surface area contributed by atoms with Crippen LogP contribution in [0.2, 0.25) is 5.02 Å². The highest BCUT2D eigenvalue weighted by atomic mass is 35.5. The number of thiophene rings is 1. The van der Waals surface area contributed by atoms with Crippen LogP contribution in [-0.4, -0.2) is 5.11 Å². The van der Waals surface area contributed by atoms with Crippen molar-refractivity contribution in [1.82, 2.24) is 0 Å². The van der Waals surface area contributed by atoms with Crippen LogP contribution in [0.4, 0.5) is 0 Å². The summed E-state index contributed by atoms with van der Waals surface area (Å²) in [7, 11) is 0. The minimum atomic E-state index is 0.320. The van der Waals surface area contributed by atoms with Crippen LogP contribution in [-0.2, 0) is 0 Å². The molecule has 1 N–H and O–H groups in total. The maximum Gasteiger partial charge on any atom is 0.134 e. The van der Waals surface area contributed by atoms with Crippen molar-refractivity contribution in [3.8, 4) is 5.75 Å². The van der Waals surface area contributed by atoms with Gasteiger partial charge < -0.3 is 5.11 Å². The number of hydrogen-bond donors (Lipinski definition) is 1. The van der Waals surface area contributed by atoms with Crippen LogP contribution in [0.3, 0.4) is 0 Å². The van der Waals surface area contributed by atoms with E-state index in [1.165, 1.54) is 0 Å². The second kappa shape index (κ2) is 2.64. The molecule has 0 fully saturated rings. The first-order chi connectivity index (χ1) is 5.68. The predicted octanol–water partition coefficient (Wildman–Crippen LogP) is 3.57. The zero-order valence-corrected chi connectivity index (χ0v) is 8.04. The van der Waals surface area contributed by atoms with Gasteiger partial charge >= 0.3 is 0 Å². The lowest BCUT2D eigenvalue weighted by Crippen LogP contribution is -1.72. The highest BCUT2D eigenvalue weighted by Crippen LogP contribution is 2.35. The number of benzene rings is 1. The number of aryl methyl sites for hydroxylation is 1. The summed E-state index contributed by atoms with van der Waals surface area (Å²) in [5.74, 6) is 0.320. The SMILES string of the molecule is Cc1cc(Cl)cc2c(O)csc12. The van der Waals surface area contributed by atoms with Gasteiger partial charge in [-0.25, -0.2) is 0 Å². The fraction of sp³-hybridized carbons (Fsp3) is 0.111. The molecule has 62 valence electrons. The Morgan fingerprint density at radius 1 is 1.42 bits per heavy atom. The molecule has 0 aliphatic carbocycles. The average Bonchev–Trinajstić information content (AvgIpc) is 2.33. The van der Waals surface area contributed by atoms with E-state index in [1.807, 2.05) is 13.0 Å². The van der Waals surface area contributed by atoms with E-state index in [-0.39, 0.29) is 0 Å². The monoisotopic (exact) mass is 198 g/mol. The first-order valence-corrected chi connectivity index (χ1v) is 4.80. The number of hydrogen-bond acceptors (Lipinski definition) is 2. The first kappa shape index (κ1) is 7.90. The molecule has 3 heteroatoms. The Hall–Kier alpha value is -0.730. The lowest BCUT2D eigenvalue weighted by Gasteiger charge is -1.96. The maximum absolute atomic E-state index is 9.41. The summed E-state index contributed by atoms with van der Waals surface area (Å²) in [6.07, 6.45) is 0. The molecule has 1 nitrogen and oxygen atoms in total. The van der Waals surface area contributed by atoms with Crippen LogP contribution in [0, 0.1) is 6.92 Å². The van der Waals surface area contributed by atoms with E-state index in [0.29, 0.717) is 10.8 Å². The minimum Gasteiger partial charge on any atom is -0.506 e. The molecule has 2 aromatic rings. The smallest absolute Gasteiger partial charge is 0.134 e. The van der Waals surface area contributed by atoms with Gasteiger partial charge in [0.25, 0.3) is 0 Å². The van der Waals surface area contributed by atoms with Crippen LogP contribution < -0.4 is 0 Å². The lowest BCUT2D eigenvalue weighted by molar-refractivity contribution is 0.483. The molecule has 0 radical (unpaired) electrons. The van der Waals surface area contributed by atoms with Crippen molar-refractivity contribution in [2.75, 3.05) is 0 Å². The van der Waals surface area contributed by atoms with Crippen LogP contribution in [0.25, 0.3) is 10.1 Å². The third kappa shape index (κ3) is 1.08. The molecule has 1 aromatic heterocycles. The van der Waals surface area contributed by atoms with Gasteiger partial charge in [0.15, 0.2) is 0 Å². The van der Waals surface area contributed by atoms with E-state index in [0.717, 1.165) is 15.6 Å². The minimum absolute atomic E-state index is 0.320. The fourth-order valence-corrected chi connectivity index (χ4v) is 2.42. The number of aromatic hydroxyl groups is 1. The lowest BCUT2D eigenvalue weighted by atomic mass is 10.2. The van der Waals surface area contributed by atoms with Gasteiger partial charge in [0.2, 0.25) is 0 Å². The third-order valence-electron chi connectivity index (χ3n) is 1.80. The van der Waals surface area contributed by atoms with Gasteiger partial charge in [-0.05, 0) is 24.6 Å². The van der Waals surface area contributed by atoms with E-state index in [9.17, 15) is 5.11 Å². The van der Waals surface area contributed by atoms with Gasteiger partial charge in [0, 0.05) is 20.5 Å². The second-order valence-electron chi connectivity index (χ2n) is 2.72. The van der Waals surface area contributed by atoms with E-state index < -0.39 is 0 Å². The van der Waals surface area contributed by atoms with Crippen LogP contribution in [0.15, 0.2) is 17.5 Å². The Kier molecular flexibility index (Phi) is 1.74. The molecule has 0 saturated carbocycles. The largest absolute Gasteiger partial charge is 0.506 e. The van der Waals surface area contributed by atoms with E-state index >= 15 is 0 Å². The molecule has 0 aliphatic heterocycles. The molecule has 1 heterocycles. The molecule has 0 amide bonds. The Balaban J connectivity index is 2.92. The summed E-state index contributed by atoms with van der Waals surface area (Å²) in [5, 5.41) is 12.7. The summed E-state index contributed by atoms with van der Waals surface area (Å²) in [6.45, 7) is 1.99. The zero-order chi connectivity index (χ0) is 8.72. The maximum atomic E-state index is 9.41. The molecule has 0 aliphatic rings. The third-order valence-corrected chi connectivity index (χ3v) is 3.14. The molecule has 0 unspecified atom stereocenters. The predicted molar refractivity (Wildman–Crippen MR) is 53.2 cm³/mol. The normalized spacial score (nSPS) is 10.8. The summed E-state index contributed by atoms with van der Waals surface area (Å²) in [5.41, 5.74) is 1.11. The van der Waals surface area contributed by atoms with Crippen LogP contribution >= 0.6 is 22.9 Å². The summed E-state index contributed by atoms with van der Waals surface area (Å²) >= 11 is 7.39. The van der Waals surface area contributed by atoms with Crippen molar-refractivity contribution in [1.29, 1.82) is 0 Å². The standard InChI is InChI=1S/C9H7ClOS/c1-5-2-6(10)3-7-8(11)4-12-9(5)7/h2-4,11H,1H3. The average molecular weight is 199 g/mol. The molecule has 1 aromatic carbocycles. The first-order valence-electron chi connectivity index (χ1n) is 3.55. The van der Waals surface area contributed by atoms with Crippen LogP contribution in [0.1, 0.15) is 5.56 Å². The second-order valence-corrected chi connectivity index (χ2v) is 4.04. The van der Waals surface area contributed by atoms with E-state index in [4.69, 9.17) is 11.6 Å². The summed E-state index contributed by atoms with van der Waals surface area (Å²) in [4.78, 5) is 0. The van der Waals surface area contributed by atoms with Gasteiger partial charge in [-0.3, -0.25) is 0 Å². The Bertz CT molecular complexity index is 433. The van der Waals surface area contributed by atoms with Crippen molar-refractivity contribution in [2.24, 2.45) is 0 Å². The van der Waals surface area contributed by atoms with Crippen LogP contribution in [0.5, 0.6) is 5.75 Å². The number of halogens is 1. The Morgan fingerprint density at radius 2 is 2.17 bits per heavy atom. The van der Waals surface area contributed by atoms with Gasteiger partial charge in [-0.15, -0.1) is 11.3 Å². The highest BCUT2D eigenvalue weighted by Gasteiger charge is 2.05. The molecule has 0 bridgehead atoms. The van der Waals surface area contributed by atoms with Crippen molar-refractivity contribution in [3.63, 3.8) is 0 Å². The van der Waals surface area contributed by atoms with Gasteiger partial charge in [-0.2, -0.15) is 0 Å². The van der Waals surface area contributed by atoms with Crippen molar-refractivity contribution < 1.29 is 5.11 Å². The fourth-order valence-electron chi connectivity index (χ4n) is 1.25. The van der Waals surface area contributed by atoms with E-state index in [2.05, 4.69) is 0 Å². The number of fused-ring (bicyclic) bond motifs is 1. The number of rotatable bonds is 0.